The second kappa shape index (κ2) is 22.7. The molecule has 19 heteroatoms. The van der Waals surface area contributed by atoms with Crippen LogP contribution in [0.4, 0.5) is 10.5 Å². The maximum absolute atomic E-state index is 13.6. The average Bonchev–Trinajstić information content (AvgIpc) is 3.72. The molecule has 362 valence electrons. The molecule has 0 radical (unpaired) electrons. The van der Waals surface area contributed by atoms with Crippen molar-refractivity contribution in [1.82, 2.24) is 9.55 Å². The van der Waals surface area contributed by atoms with E-state index in [0.29, 0.717) is 24.5 Å². The minimum absolute atomic E-state index is 0.0237. The fourth-order valence-corrected chi connectivity index (χ4v) is 8.33. The SMILES string of the molecule is COc1ccc(C(OC[C@H]2O[C@@H](n3cc(C)c(=O)[nH]c3=O)C[C@@H]2OC(=O)OCc2cc(OC)c(OCCCC(=O)OCC[Si](C)(C)C)cc2[N+](=O)[O-])(c2ccccc2)c2ccc(OC)cc2)cc1. The van der Waals surface area contributed by atoms with Gasteiger partial charge in [-0.3, -0.25) is 29.3 Å². The summed E-state index contributed by atoms with van der Waals surface area (Å²) < 4.78 is 53.6. The zero-order valence-corrected chi connectivity index (χ0v) is 40.1. The number of nitrogens with one attached hydrogen (secondary N) is 1. The maximum atomic E-state index is 13.6. The van der Waals surface area contributed by atoms with Crippen molar-refractivity contribution in [1.29, 1.82) is 0 Å². The van der Waals surface area contributed by atoms with E-state index in [1.54, 1.807) is 14.2 Å². The first kappa shape index (κ1) is 50.4. The van der Waals surface area contributed by atoms with Crippen molar-refractivity contribution in [2.45, 2.75) is 82.5 Å². The van der Waals surface area contributed by atoms with E-state index in [0.717, 1.165) is 28.8 Å². The number of methoxy groups -OCH3 is 3. The van der Waals surface area contributed by atoms with Crippen LogP contribution >= 0.6 is 0 Å². The van der Waals surface area contributed by atoms with Crippen LogP contribution < -0.4 is 30.2 Å². The van der Waals surface area contributed by atoms with Crippen molar-refractivity contribution in [2.24, 2.45) is 0 Å². The monoisotopic (exact) mass is 955 g/mol. The van der Waals surface area contributed by atoms with Gasteiger partial charge in [0.15, 0.2) is 11.5 Å². The molecular weight excluding hydrogens is 899 g/mol. The molecule has 1 saturated heterocycles. The molecule has 6 rings (SSSR count). The Bertz CT molecular complexity index is 2580. The van der Waals surface area contributed by atoms with E-state index < -0.39 is 66.7 Å². The summed E-state index contributed by atoms with van der Waals surface area (Å²) in [6.45, 7) is 7.69. The molecule has 4 aromatic carbocycles. The Morgan fingerprint density at radius 2 is 1.49 bits per heavy atom. The van der Waals surface area contributed by atoms with Gasteiger partial charge in [0.2, 0.25) is 0 Å². The summed E-state index contributed by atoms with van der Waals surface area (Å²) in [5, 5.41) is 12.3. The molecule has 1 N–H and O–H groups in total. The van der Waals surface area contributed by atoms with Gasteiger partial charge >= 0.3 is 17.8 Å². The summed E-state index contributed by atoms with van der Waals surface area (Å²) in [6.07, 6.45) is -2.69. The number of benzene rings is 4. The van der Waals surface area contributed by atoms with Crippen molar-refractivity contribution in [3.63, 3.8) is 0 Å². The van der Waals surface area contributed by atoms with Crippen molar-refractivity contribution in [3.8, 4) is 23.0 Å². The maximum Gasteiger partial charge on any atom is 0.508 e. The van der Waals surface area contributed by atoms with E-state index in [1.807, 2.05) is 78.9 Å². The van der Waals surface area contributed by atoms with Crippen molar-refractivity contribution < 1.29 is 57.1 Å². The molecule has 5 aromatic rings. The fourth-order valence-electron chi connectivity index (χ4n) is 7.61. The molecule has 0 spiro atoms. The molecule has 0 unspecified atom stereocenters. The Morgan fingerprint density at radius 1 is 0.853 bits per heavy atom. The first-order valence-corrected chi connectivity index (χ1v) is 25.7. The number of H-pyrrole nitrogens is 1. The van der Waals surface area contributed by atoms with Crippen LogP contribution in [0.5, 0.6) is 23.0 Å². The number of aromatic amines is 1. The molecule has 0 bridgehead atoms. The van der Waals surface area contributed by atoms with Crippen LogP contribution in [0.3, 0.4) is 0 Å². The highest BCUT2D eigenvalue weighted by molar-refractivity contribution is 6.76. The largest absolute Gasteiger partial charge is 0.508 e. The molecule has 3 atom stereocenters. The van der Waals surface area contributed by atoms with Crippen LogP contribution in [-0.2, 0) is 40.7 Å². The summed E-state index contributed by atoms with van der Waals surface area (Å²) in [6, 6.07) is 27.6. The summed E-state index contributed by atoms with van der Waals surface area (Å²) >= 11 is 0. The highest BCUT2D eigenvalue weighted by Gasteiger charge is 2.44. The number of aromatic nitrogens is 2. The van der Waals surface area contributed by atoms with Gasteiger partial charge in [-0.2, -0.15) is 0 Å². The van der Waals surface area contributed by atoms with Crippen LogP contribution in [0.2, 0.25) is 25.7 Å². The number of nitro benzene ring substituents is 1. The van der Waals surface area contributed by atoms with E-state index in [2.05, 4.69) is 24.6 Å². The number of nitro groups is 1. The molecule has 1 aliphatic rings. The zero-order valence-electron chi connectivity index (χ0n) is 39.1. The second-order valence-electron chi connectivity index (χ2n) is 17.2. The van der Waals surface area contributed by atoms with Gasteiger partial charge < -0.3 is 42.6 Å². The number of esters is 1. The first-order chi connectivity index (χ1) is 32.5. The third kappa shape index (κ3) is 12.5. The predicted octanol–water partition coefficient (Wildman–Crippen LogP) is 7.84. The molecule has 2 heterocycles. The van der Waals surface area contributed by atoms with Crippen molar-refractivity contribution >= 4 is 25.9 Å². The van der Waals surface area contributed by atoms with Gasteiger partial charge in [0.25, 0.3) is 11.2 Å². The van der Waals surface area contributed by atoms with Gasteiger partial charge in [-0.1, -0.05) is 74.2 Å². The molecule has 1 aromatic heterocycles. The number of ether oxygens (including phenoxy) is 9. The first-order valence-electron chi connectivity index (χ1n) is 22.0. The topological polar surface area (TPSA) is 215 Å². The molecule has 1 aliphatic heterocycles. The highest BCUT2D eigenvalue weighted by atomic mass is 28.3. The Labute approximate surface area is 394 Å². The zero-order chi connectivity index (χ0) is 49.0. The molecule has 68 heavy (non-hydrogen) atoms. The molecule has 18 nitrogen and oxygen atoms in total. The average molecular weight is 956 g/mol. The van der Waals surface area contributed by atoms with Crippen LogP contribution in [-0.4, -0.2) is 88.0 Å². The summed E-state index contributed by atoms with van der Waals surface area (Å²) in [5.74, 6) is 1.06. The lowest BCUT2D eigenvalue weighted by Crippen LogP contribution is -2.39. The lowest BCUT2D eigenvalue weighted by molar-refractivity contribution is -0.385. The van der Waals surface area contributed by atoms with Gasteiger partial charge in [-0.15, -0.1) is 0 Å². The van der Waals surface area contributed by atoms with Crippen molar-refractivity contribution in [3.05, 3.63) is 156 Å². The van der Waals surface area contributed by atoms with Gasteiger partial charge in [-0.05, 0) is 66.4 Å². The van der Waals surface area contributed by atoms with E-state index in [-0.39, 0.29) is 54.7 Å². The van der Waals surface area contributed by atoms with Gasteiger partial charge in [0.1, 0.15) is 42.1 Å². The number of hydrogen-bond donors (Lipinski definition) is 1. The van der Waals surface area contributed by atoms with Gasteiger partial charge in [0.05, 0.1) is 57.7 Å². The Balaban J connectivity index is 1.24. The number of rotatable bonds is 22. The van der Waals surface area contributed by atoms with Gasteiger partial charge in [0, 0.05) is 32.7 Å². The Kier molecular flexibility index (Phi) is 16.8. The Morgan fingerprint density at radius 3 is 2.07 bits per heavy atom. The number of nitrogens with zero attached hydrogens (tertiary/aromatic N) is 2. The number of carbonyl (C=O) groups is 2. The lowest BCUT2D eigenvalue weighted by Gasteiger charge is -2.37. The van der Waals surface area contributed by atoms with E-state index in [1.165, 1.54) is 30.9 Å². The normalized spacial score (nSPS) is 15.8. The van der Waals surface area contributed by atoms with Crippen LogP contribution in [0.25, 0.3) is 0 Å². The number of carbonyl (C=O) groups excluding carboxylic acids is 2. The van der Waals surface area contributed by atoms with E-state index >= 15 is 0 Å². The van der Waals surface area contributed by atoms with Gasteiger partial charge in [-0.25, -0.2) is 9.59 Å². The minimum Gasteiger partial charge on any atom is -0.497 e. The quantitative estimate of drug-likeness (QED) is 0.0175. The smallest absolute Gasteiger partial charge is 0.497 e. The highest BCUT2D eigenvalue weighted by Crippen LogP contribution is 2.43. The standard InChI is InChI=1S/C49H57N3O15Si/c1-32-29-51(47(55)50-46(32)54)44-28-42(67-48(56)64-30-33-26-40(61-4)41(27-39(33)52(57)58)62-23-11-14-45(53)63-24-25-68(5,6)7)43(66-44)31-65-49(34-12-9-8-10-13-34,35-15-19-37(59-2)20-16-35)36-17-21-38(60-3)22-18-36/h8-10,12-13,15-22,26-27,29,42-44H,11,14,23-25,28,30-31H2,1-7H3,(H,50,54,55)/t42-,43+,44+/m0/s1. The molecule has 0 aliphatic carbocycles. The summed E-state index contributed by atoms with van der Waals surface area (Å²) in [4.78, 5) is 65.2. The summed E-state index contributed by atoms with van der Waals surface area (Å²) in [7, 11) is 3.13. The van der Waals surface area contributed by atoms with E-state index in [4.69, 9.17) is 42.6 Å². The molecule has 0 saturated carbocycles. The number of hydrogen-bond acceptors (Lipinski definition) is 15. The van der Waals surface area contributed by atoms with Crippen LogP contribution in [0.15, 0.2) is 107 Å². The van der Waals surface area contributed by atoms with Crippen LogP contribution in [0, 0.1) is 17.0 Å². The fraction of sp³-hybridized carbons (Fsp3) is 0.388. The number of aryl methyl sites for hydroxylation is 1. The van der Waals surface area contributed by atoms with Crippen LogP contribution in [0.1, 0.15) is 53.3 Å². The lowest BCUT2D eigenvalue weighted by atomic mass is 9.80. The van der Waals surface area contributed by atoms with Crippen molar-refractivity contribution in [2.75, 3.05) is 41.2 Å². The summed E-state index contributed by atoms with van der Waals surface area (Å²) in [5.41, 5.74) is -0.630. The van der Waals surface area contributed by atoms with E-state index in [9.17, 15) is 29.3 Å². The Hall–Kier alpha value is -6.96. The minimum atomic E-state index is -1.36. The third-order valence-corrected chi connectivity index (χ3v) is 13.0. The predicted molar refractivity (Wildman–Crippen MR) is 251 cm³/mol. The molecular formula is C49H57N3O15Si. The molecule has 0 amide bonds. The second-order valence-corrected chi connectivity index (χ2v) is 22.8. The molecule has 1 fully saturated rings. The third-order valence-electron chi connectivity index (χ3n) is 11.3.